The normalized spacial score (nSPS) is 10.7. The van der Waals surface area contributed by atoms with Gasteiger partial charge in [-0.15, -0.1) is 0 Å². The summed E-state index contributed by atoms with van der Waals surface area (Å²) in [7, 11) is 0. The molecule has 1 aromatic heterocycles. The van der Waals surface area contributed by atoms with Crippen LogP contribution in [0.15, 0.2) is 60.8 Å². The van der Waals surface area contributed by atoms with Crippen LogP contribution >= 0.6 is 15.9 Å². The minimum absolute atomic E-state index is 0.871. The van der Waals surface area contributed by atoms with Gasteiger partial charge >= 0.3 is 0 Å². The van der Waals surface area contributed by atoms with Gasteiger partial charge in [0, 0.05) is 17.1 Å². The first-order valence-electron chi connectivity index (χ1n) is 5.88. The highest BCUT2D eigenvalue weighted by Gasteiger charge is 2.06. The Bertz CT molecular complexity index is 677. The third-order valence-corrected chi connectivity index (χ3v) is 3.70. The Morgan fingerprint density at radius 1 is 0.833 bits per heavy atom. The van der Waals surface area contributed by atoms with Crippen molar-refractivity contribution >= 4 is 26.7 Å². The minimum Gasteiger partial charge on any atom is -0.256 e. The molecule has 0 bridgehead atoms. The molecule has 0 aliphatic carbocycles. The van der Waals surface area contributed by atoms with Crippen LogP contribution in [0.2, 0.25) is 0 Å². The van der Waals surface area contributed by atoms with Gasteiger partial charge in [-0.1, -0.05) is 58.4 Å². The molecule has 0 saturated heterocycles. The zero-order valence-electron chi connectivity index (χ0n) is 9.81. The summed E-state index contributed by atoms with van der Waals surface area (Å²) in [6, 6.07) is 18.8. The average molecular weight is 298 g/mol. The van der Waals surface area contributed by atoms with Crippen molar-refractivity contribution in [3.8, 4) is 11.3 Å². The molecular weight excluding hydrogens is 286 g/mol. The summed E-state index contributed by atoms with van der Waals surface area (Å²) in [4.78, 5) is 4.44. The van der Waals surface area contributed by atoms with Gasteiger partial charge in [0.2, 0.25) is 0 Å². The van der Waals surface area contributed by atoms with Crippen molar-refractivity contribution in [1.29, 1.82) is 0 Å². The van der Waals surface area contributed by atoms with E-state index in [1.807, 2.05) is 18.3 Å². The summed E-state index contributed by atoms with van der Waals surface area (Å²) in [6.07, 6.45) is 1.84. The zero-order chi connectivity index (χ0) is 12.4. The van der Waals surface area contributed by atoms with Crippen LogP contribution in [0.1, 0.15) is 5.56 Å². The quantitative estimate of drug-likeness (QED) is 0.619. The molecule has 0 aliphatic heterocycles. The molecule has 3 aromatic rings. The van der Waals surface area contributed by atoms with Gasteiger partial charge in [-0.05, 0) is 28.5 Å². The van der Waals surface area contributed by atoms with E-state index < -0.39 is 0 Å². The van der Waals surface area contributed by atoms with Crippen molar-refractivity contribution in [2.45, 2.75) is 5.33 Å². The van der Waals surface area contributed by atoms with Crippen molar-refractivity contribution in [2.24, 2.45) is 0 Å². The summed E-state index contributed by atoms with van der Waals surface area (Å²) < 4.78 is 0. The van der Waals surface area contributed by atoms with E-state index in [2.05, 4.69) is 63.4 Å². The number of rotatable bonds is 2. The van der Waals surface area contributed by atoms with Gasteiger partial charge in [0.25, 0.3) is 0 Å². The SMILES string of the molecule is BrCc1cccc2c(-c3ccccn3)cccc12. The van der Waals surface area contributed by atoms with Crippen LogP contribution in [-0.2, 0) is 5.33 Å². The molecule has 0 amide bonds. The predicted molar refractivity (Wildman–Crippen MR) is 79.8 cm³/mol. The second-order valence-electron chi connectivity index (χ2n) is 4.17. The number of hydrogen-bond acceptors (Lipinski definition) is 1. The summed E-state index contributed by atoms with van der Waals surface area (Å²) >= 11 is 3.54. The van der Waals surface area contributed by atoms with Crippen LogP contribution in [0.4, 0.5) is 0 Å². The van der Waals surface area contributed by atoms with Crippen LogP contribution in [0.3, 0.4) is 0 Å². The lowest BCUT2D eigenvalue weighted by molar-refractivity contribution is 1.33. The second-order valence-corrected chi connectivity index (χ2v) is 4.73. The van der Waals surface area contributed by atoms with E-state index in [-0.39, 0.29) is 0 Å². The molecule has 18 heavy (non-hydrogen) atoms. The van der Waals surface area contributed by atoms with Crippen LogP contribution in [-0.4, -0.2) is 4.98 Å². The Morgan fingerprint density at radius 3 is 2.44 bits per heavy atom. The molecule has 1 nitrogen and oxygen atoms in total. The van der Waals surface area contributed by atoms with Crippen LogP contribution in [0.25, 0.3) is 22.0 Å². The predicted octanol–water partition coefficient (Wildman–Crippen LogP) is 4.80. The largest absolute Gasteiger partial charge is 0.256 e. The molecule has 0 aliphatic rings. The lowest BCUT2D eigenvalue weighted by Gasteiger charge is -2.08. The third kappa shape index (κ3) is 1.93. The number of fused-ring (bicyclic) bond motifs is 1. The summed E-state index contributed by atoms with van der Waals surface area (Å²) in [5.41, 5.74) is 3.52. The van der Waals surface area contributed by atoms with Crippen LogP contribution in [0.5, 0.6) is 0 Å². The van der Waals surface area contributed by atoms with Crippen LogP contribution in [0, 0.1) is 0 Å². The van der Waals surface area contributed by atoms with Gasteiger partial charge in [0.15, 0.2) is 0 Å². The number of hydrogen-bond donors (Lipinski definition) is 0. The number of pyridine rings is 1. The third-order valence-electron chi connectivity index (χ3n) is 3.10. The van der Waals surface area contributed by atoms with Gasteiger partial charge in [-0.3, -0.25) is 4.98 Å². The average Bonchev–Trinajstić information content (AvgIpc) is 2.47. The highest BCUT2D eigenvalue weighted by molar-refractivity contribution is 9.08. The fourth-order valence-corrected chi connectivity index (χ4v) is 2.73. The van der Waals surface area contributed by atoms with Gasteiger partial charge in [-0.2, -0.15) is 0 Å². The van der Waals surface area contributed by atoms with Crippen molar-refractivity contribution in [3.05, 3.63) is 66.4 Å². The van der Waals surface area contributed by atoms with E-state index in [0.29, 0.717) is 0 Å². The molecule has 0 spiro atoms. The maximum Gasteiger partial charge on any atom is 0.0708 e. The van der Waals surface area contributed by atoms with Gasteiger partial charge in [0.1, 0.15) is 0 Å². The summed E-state index contributed by atoms with van der Waals surface area (Å²) in [5.74, 6) is 0. The van der Waals surface area contributed by atoms with Crippen molar-refractivity contribution in [2.75, 3.05) is 0 Å². The lowest BCUT2D eigenvalue weighted by Crippen LogP contribution is -1.87. The van der Waals surface area contributed by atoms with Crippen LogP contribution < -0.4 is 0 Å². The Labute approximate surface area is 115 Å². The molecular formula is C16H12BrN. The first kappa shape index (κ1) is 11.4. The number of alkyl halides is 1. The smallest absolute Gasteiger partial charge is 0.0708 e. The molecule has 0 radical (unpaired) electrons. The van der Waals surface area contributed by atoms with E-state index >= 15 is 0 Å². The van der Waals surface area contributed by atoms with E-state index in [1.54, 1.807) is 0 Å². The van der Waals surface area contributed by atoms with E-state index in [4.69, 9.17) is 0 Å². The summed E-state index contributed by atoms with van der Waals surface area (Å²) in [5, 5.41) is 3.42. The topological polar surface area (TPSA) is 12.9 Å². The molecule has 0 atom stereocenters. The molecule has 0 N–H and O–H groups in total. The Hall–Kier alpha value is -1.67. The number of benzene rings is 2. The molecule has 1 heterocycles. The Kier molecular flexibility index (Phi) is 3.11. The fourth-order valence-electron chi connectivity index (χ4n) is 2.24. The van der Waals surface area contributed by atoms with Crippen molar-refractivity contribution < 1.29 is 0 Å². The fraction of sp³-hybridized carbons (Fsp3) is 0.0625. The molecule has 0 unspecified atom stereocenters. The molecule has 3 rings (SSSR count). The first-order chi connectivity index (χ1) is 8.90. The monoisotopic (exact) mass is 297 g/mol. The highest BCUT2D eigenvalue weighted by Crippen LogP contribution is 2.29. The van der Waals surface area contributed by atoms with E-state index in [9.17, 15) is 0 Å². The maximum atomic E-state index is 4.44. The molecule has 2 aromatic carbocycles. The zero-order valence-corrected chi connectivity index (χ0v) is 11.4. The highest BCUT2D eigenvalue weighted by atomic mass is 79.9. The number of aromatic nitrogens is 1. The van der Waals surface area contributed by atoms with Gasteiger partial charge < -0.3 is 0 Å². The molecule has 0 saturated carbocycles. The van der Waals surface area contributed by atoms with E-state index in [0.717, 1.165) is 11.0 Å². The maximum absolute atomic E-state index is 4.44. The Morgan fingerprint density at radius 2 is 1.67 bits per heavy atom. The standard InChI is InChI=1S/C16H12BrN/c17-11-12-5-3-7-14-13(12)6-4-8-15(14)16-9-1-2-10-18-16/h1-10H,11H2. The summed E-state index contributed by atoms with van der Waals surface area (Å²) in [6.45, 7) is 0. The minimum atomic E-state index is 0.871. The first-order valence-corrected chi connectivity index (χ1v) is 7.00. The number of nitrogens with zero attached hydrogens (tertiary/aromatic N) is 1. The van der Waals surface area contributed by atoms with Crippen molar-refractivity contribution in [1.82, 2.24) is 4.98 Å². The van der Waals surface area contributed by atoms with Gasteiger partial charge in [-0.25, -0.2) is 0 Å². The van der Waals surface area contributed by atoms with Gasteiger partial charge in [0.05, 0.1) is 5.69 Å². The number of halogens is 1. The lowest BCUT2D eigenvalue weighted by atomic mass is 9.99. The molecule has 88 valence electrons. The Balaban J connectivity index is 2.32. The van der Waals surface area contributed by atoms with Crippen molar-refractivity contribution in [3.63, 3.8) is 0 Å². The molecule has 2 heteroatoms. The van der Waals surface area contributed by atoms with E-state index in [1.165, 1.54) is 21.9 Å². The second kappa shape index (κ2) is 4.91. The molecule has 0 fully saturated rings.